The molecule has 6 aromatic rings. The molecular weight excluding hydrogens is 582 g/mol. The van der Waals surface area contributed by atoms with Crippen molar-refractivity contribution >= 4 is 62.5 Å². The highest BCUT2D eigenvalue weighted by Gasteiger charge is 2.20. The van der Waals surface area contributed by atoms with Gasteiger partial charge in [-0.1, -0.05) is 48.5 Å². The van der Waals surface area contributed by atoms with E-state index in [9.17, 15) is 5.11 Å². The second kappa shape index (κ2) is 12.2. The summed E-state index contributed by atoms with van der Waals surface area (Å²) in [5.41, 5.74) is 8.19. The summed E-state index contributed by atoms with van der Waals surface area (Å²) in [5.74, 6) is 1.32. The molecule has 4 aromatic heterocycles. The van der Waals surface area contributed by atoms with Crippen LogP contribution in [0.2, 0.25) is 5.02 Å². The van der Waals surface area contributed by atoms with Gasteiger partial charge in [-0.05, 0) is 72.0 Å². The van der Waals surface area contributed by atoms with E-state index in [2.05, 4.69) is 56.1 Å². The summed E-state index contributed by atoms with van der Waals surface area (Å²) in [5, 5.41) is 19.4. The first kappa shape index (κ1) is 28.9. The van der Waals surface area contributed by atoms with Crippen LogP contribution in [-0.2, 0) is 6.54 Å². The Balaban J connectivity index is 1.17. The zero-order valence-electron chi connectivity index (χ0n) is 24.8. The van der Waals surface area contributed by atoms with Crippen molar-refractivity contribution in [2.24, 2.45) is 0 Å². The fourth-order valence-corrected chi connectivity index (χ4v) is 6.21. The van der Waals surface area contributed by atoms with E-state index in [4.69, 9.17) is 16.6 Å². The maximum Gasteiger partial charge on any atom is 0.156 e. The highest BCUT2D eigenvalue weighted by Crippen LogP contribution is 2.39. The summed E-state index contributed by atoms with van der Waals surface area (Å²) < 4.78 is 0. The van der Waals surface area contributed by atoms with Crippen molar-refractivity contribution < 1.29 is 5.11 Å². The molecule has 0 radical (unpaired) electrons. The standard InChI is InChI=1S/C36H32ClN7O/c1-3-23-16-25-10-13-39-36(33(25)40-18-23)43-31-9-5-7-29(32(31)37)28-6-4-8-30(22(28)2)42-35-34-26(11-14-38-35)17-24(19-41-34)20-44-15-12-27(45)21-44/h3-11,13-14,16-19,27,45H,1,12,15,20-21H2,2H3,(H,38,42)(H,39,43). The van der Waals surface area contributed by atoms with Crippen LogP contribution in [0.25, 0.3) is 39.0 Å². The molecule has 1 atom stereocenters. The molecule has 9 heteroatoms. The first-order valence-electron chi connectivity index (χ1n) is 14.9. The highest BCUT2D eigenvalue weighted by molar-refractivity contribution is 6.36. The van der Waals surface area contributed by atoms with Gasteiger partial charge in [-0.15, -0.1) is 0 Å². The molecule has 8 nitrogen and oxygen atoms in total. The largest absolute Gasteiger partial charge is 0.392 e. The molecule has 1 unspecified atom stereocenters. The van der Waals surface area contributed by atoms with E-state index in [1.165, 1.54) is 0 Å². The summed E-state index contributed by atoms with van der Waals surface area (Å²) in [4.78, 5) is 20.8. The van der Waals surface area contributed by atoms with Gasteiger partial charge in [0.2, 0.25) is 0 Å². The second-order valence-corrected chi connectivity index (χ2v) is 11.7. The summed E-state index contributed by atoms with van der Waals surface area (Å²) in [6.07, 6.45) is 9.59. The van der Waals surface area contributed by atoms with Crippen LogP contribution in [0.4, 0.5) is 23.0 Å². The molecule has 3 N–H and O–H groups in total. The molecular formula is C36H32ClN7O. The first-order valence-corrected chi connectivity index (χ1v) is 15.3. The number of nitrogens with one attached hydrogen (secondary N) is 2. The lowest BCUT2D eigenvalue weighted by Crippen LogP contribution is -2.21. The maximum atomic E-state index is 9.89. The number of anilines is 4. The Bertz CT molecular complexity index is 2060. The van der Waals surface area contributed by atoms with Crippen molar-refractivity contribution in [2.45, 2.75) is 26.0 Å². The molecule has 7 rings (SSSR count). The zero-order chi connectivity index (χ0) is 30.9. The number of benzene rings is 2. The number of β-amino-alcohol motifs (C(OH)–C–C–N with tert-alkyl or cyclic N) is 1. The molecule has 45 heavy (non-hydrogen) atoms. The Morgan fingerprint density at radius 3 is 2.27 bits per heavy atom. The van der Waals surface area contributed by atoms with E-state index in [0.717, 1.165) is 80.5 Å². The molecule has 1 aliphatic heterocycles. The molecule has 0 bridgehead atoms. The Morgan fingerprint density at radius 1 is 0.889 bits per heavy atom. The fourth-order valence-electron chi connectivity index (χ4n) is 5.93. The van der Waals surface area contributed by atoms with Crippen LogP contribution >= 0.6 is 11.6 Å². The van der Waals surface area contributed by atoms with E-state index >= 15 is 0 Å². The highest BCUT2D eigenvalue weighted by atomic mass is 35.5. The maximum absolute atomic E-state index is 9.89. The summed E-state index contributed by atoms with van der Waals surface area (Å²) >= 11 is 7.05. The van der Waals surface area contributed by atoms with Crippen molar-refractivity contribution in [3.63, 3.8) is 0 Å². The molecule has 0 spiro atoms. The Hall–Kier alpha value is -4.89. The third-order valence-corrected chi connectivity index (χ3v) is 8.70. The number of halogens is 1. The number of aliphatic hydroxyl groups is 1. The van der Waals surface area contributed by atoms with Gasteiger partial charge in [0.1, 0.15) is 11.0 Å². The van der Waals surface area contributed by atoms with Crippen molar-refractivity contribution in [2.75, 3.05) is 23.7 Å². The quantitative estimate of drug-likeness (QED) is 0.159. The van der Waals surface area contributed by atoms with Gasteiger partial charge in [-0.25, -0.2) is 9.97 Å². The van der Waals surface area contributed by atoms with Crippen LogP contribution in [0.15, 0.2) is 92.0 Å². The average Bonchev–Trinajstić information content (AvgIpc) is 3.47. The van der Waals surface area contributed by atoms with Crippen molar-refractivity contribution in [1.29, 1.82) is 0 Å². The molecule has 5 heterocycles. The van der Waals surface area contributed by atoms with E-state index in [-0.39, 0.29) is 6.10 Å². The van der Waals surface area contributed by atoms with Gasteiger partial charge in [0.05, 0.1) is 16.8 Å². The summed E-state index contributed by atoms with van der Waals surface area (Å²) in [6, 6.07) is 20.1. The van der Waals surface area contributed by atoms with Crippen LogP contribution in [0.1, 0.15) is 23.1 Å². The monoisotopic (exact) mass is 613 g/mol. The number of nitrogens with zero attached hydrogens (tertiary/aromatic N) is 5. The predicted octanol–water partition coefficient (Wildman–Crippen LogP) is 7.90. The lowest BCUT2D eigenvalue weighted by Gasteiger charge is -2.17. The number of fused-ring (bicyclic) bond motifs is 2. The van der Waals surface area contributed by atoms with Crippen LogP contribution in [0.3, 0.4) is 0 Å². The van der Waals surface area contributed by atoms with Crippen molar-refractivity contribution in [3.05, 3.63) is 114 Å². The molecule has 0 aliphatic carbocycles. The van der Waals surface area contributed by atoms with Crippen LogP contribution in [-0.4, -0.2) is 49.1 Å². The minimum absolute atomic E-state index is 0.240. The zero-order valence-corrected chi connectivity index (χ0v) is 25.6. The fraction of sp³-hybridized carbons (Fsp3) is 0.167. The molecule has 2 aromatic carbocycles. The summed E-state index contributed by atoms with van der Waals surface area (Å²) in [7, 11) is 0. The van der Waals surface area contributed by atoms with E-state index in [1.807, 2.05) is 54.7 Å². The predicted molar refractivity (Wildman–Crippen MR) is 183 cm³/mol. The van der Waals surface area contributed by atoms with Crippen LogP contribution in [0, 0.1) is 6.92 Å². The minimum atomic E-state index is -0.240. The smallest absolute Gasteiger partial charge is 0.156 e. The van der Waals surface area contributed by atoms with Gasteiger partial charge < -0.3 is 15.7 Å². The number of rotatable bonds is 8. The third-order valence-electron chi connectivity index (χ3n) is 8.29. The lowest BCUT2D eigenvalue weighted by atomic mass is 9.98. The van der Waals surface area contributed by atoms with Gasteiger partial charge in [-0.3, -0.25) is 14.9 Å². The van der Waals surface area contributed by atoms with Crippen LogP contribution in [0.5, 0.6) is 0 Å². The SMILES string of the molecule is C=Cc1cnc2c(Nc3cccc(-c4cccc(Nc5nccc6cc(CN7CCC(O)C7)cnc56)c4C)c3Cl)nccc2c1. The number of likely N-dealkylation sites (tertiary alicyclic amines) is 1. The molecule has 0 amide bonds. The van der Waals surface area contributed by atoms with Gasteiger partial charge >= 0.3 is 0 Å². The Kier molecular flexibility index (Phi) is 7.85. The lowest BCUT2D eigenvalue weighted by molar-refractivity contribution is 0.175. The van der Waals surface area contributed by atoms with Gasteiger partial charge in [0.15, 0.2) is 11.6 Å². The number of pyridine rings is 4. The van der Waals surface area contributed by atoms with E-state index < -0.39 is 0 Å². The normalized spacial score (nSPS) is 15.0. The third kappa shape index (κ3) is 5.83. The number of aliphatic hydroxyl groups excluding tert-OH is 1. The molecule has 0 saturated carbocycles. The molecule has 224 valence electrons. The first-order chi connectivity index (χ1) is 22.0. The van der Waals surface area contributed by atoms with E-state index in [0.29, 0.717) is 23.2 Å². The number of hydrogen-bond donors (Lipinski definition) is 3. The van der Waals surface area contributed by atoms with Gasteiger partial charge in [-0.2, -0.15) is 0 Å². The van der Waals surface area contributed by atoms with Crippen molar-refractivity contribution in [3.8, 4) is 11.1 Å². The molecule has 1 fully saturated rings. The van der Waals surface area contributed by atoms with Crippen LogP contribution < -0.4 is 10.6 Å². The average molecular weight is 614 g/mol. The topological polar surface area (TPSA) is 99.1 Å². The van der Waals surface area contributed by atoms with Crippen molar-refractivity contribution in [1.82, 2.24) is 24.8 Å². The number of aromatic nitrogens is 4. The summed E-state index contributed by atoms with van der Waals surface area (Å²) in [6.45, 7) is 8.28. The molecule has 1 saturated heterocycles. The Morgan fingerprint density at radius 2 is 1.56 bits per heavy atom. The minimum Gasteiger partial charge on any atom is -0.392 e. The van der Waals surface area contributed by atoms with Gasteiger partial charge in [0, 0.05) is 66.4 Å². The molecule has 1 aliphatic rings. The number of hydrogen-bond acceptors (Lipinski definition) is 8. The van der Waals surface area contributed by atoms with Gasteiger partial charge in [0.25, 0.3) is 0 Å². The Labute approximate surface area is 266 Å². The second-order valence-electron chi connectivity index (χ2n) is 11.4. The van der Waals surface area contributed by atoms with E-state index in [1.54, 1.807) is 24.7 Å².